The highest BCUT2D eigenvalue weighted by Gasteiger charge is 2.46. The molecule has 1 aliphatic heterocycles. The van der Waals surface area contributed by atoms with E-state index in [9.17, 15) is 13.2 Å². The van der Waals surface area contributed by atoms with Crippen molar-refractivity contribution in [3.05, 3.63) is 0 Å². The Kier molecular flexibility index (Phi) is 4.66. The molecule has 1 unspecified atom stereocenters. The van der Waals surface area contributed by atoms with Crippen molar-refractivity contribution in [1.29, 1.82) is 0 Å². The van der Waals surface area contributed by atoms with Gasteiger partial charge in [0.05, 0.1) is 6.61 Å². The van der Waals surface area contributed by atoms with Crippen molar-refractivity contribution in [3.8, 4) is 0 Å². The van der Waals surface area contributed by atoms with Crippen LogP contribution in [-0.2, 0) is 4.74 Å². The molecule has 0 aromatic heterocycles. The summed E-state index contributed by atoms with van der Waals surface area (Å²) in [4.78, 5) is 2.24. The molecule has 0 aromatic rings. The Morgan fingerprint density at radius 2 is 1.90 bits per heavy atom. The van der Waals surface area contributed by atoms with E-state index in [0.29, 0.717) is 6.54 Å². The van der Waals surface area contributed by atoms with Crippen molar-refractivity contribution in [3.63, 3.8) is 0 Å². The van der Waals surface area contributed by atoms with Gasteiger partial charge in [-0.3, -0.25) is 9.64 Å². The maximum atomic E-state index is 12.1. The quantitative estimate of drug-likeness (QED) is 0.863. The number of piperazine rings is 1. The molecule has 20 heavy (non-hydrogen) atoms. The average molecular weight is 294 g/mol. The highest BCUT2D eigenvalue weighted by molar-refractivity contribution is 5.05. The zero-order valence-electron chi connectivity index (χ0n) is 12.4. The molecular formula is C14H25F3N2O. The first-order valence-corrected chi connectivity index (χ1v) is 7.49. The molecule has 1 saturated heterocycles. The Hall–Kier alpha value is -0.330. The smallest absolute Gasteiger partial charge is 0.308 e. The van der Waals surface area contributed by atoms with Crippen molar-refractivity contribution in [1.82, 2.24) is 10.2 Å². The van der Waals surface area contributed by atoms with Crippen LogP contribution < -0.4 is 5.32 Å². The van der Waals surface area contributed by atoms with E-state index in [4.69, 9.17) is 0 Å². The fraction of sp³-hybridized carbons (Fsp3) is 1.00. The lowest BCUT2D eigenvalue weighted by Crippen LogP contribution is -2.68. The summed E-state index contributed by atoms with van der Waals surface area (Å²) in [6, 6.07) is 0. The van der Waals surface area contributed by atoms with Crippen LogP contribution in [0.15, 0.2) is 0 Å². The fourth-order valence-corrected chi connectivity index (χ4v) is 3.49. The van der Waals surface area contributed by atoms with E-state index in [2.05, 4.69) is 28.8 Å². The number of hydrogen-bond donors (Lipinski definition) is 1. The van der Waals surface area contributed by atoms with Crippen LogP contribution in [0.5, 0.6) is 0 Å². The molecule has 6 heteroatoms. The Bertz CT molecular complexity index is 329. The van der Waals surface area contributed by atoms with Gasteiger partial charge in [-0.15, -0.1) is 13.2 Å². The Morgan fingerprint density at radius 3 is 2.45 bits per heavy atom. The molecule has 0 radical (unpaired) electrons. The molecule has 118 valence electrons. The molecule has 2 aliphatic rings. The van der Waals surface area contributed by atoms with Gasteiger partial charge in [0.25, 0.3) is 0 Å². The number of rotatable bonds is 4. The van der Waals surface area contributed by atoms with Crippen LogP contribution in [0.4, 0.5) is 13.2 Å². The number of hydrogen-bond acceptors (Lipinski definition) is 3. The van der Waals surface area contributed by atoms with E-state index in [0.717, 1.165) is 32.4 Å². The molecular weight excluding hydrogens is 269 g/mol. The number of alkyl halides is 3. The monoisotopic (exact) mass is 294 g/mol. The van der Waals surface area contributed by atoms with Crippen LogP contribution in [0.2, 0.25) is 0 Å². The molecule has 2 rings (SSSR count). The standard InChI is InChI=1S/C14H25F3N2O/c1-3-12(2)11-19(8-9-20-14(15,16)17)13(10-18-12)6-4-5-7-13/h18H,3-11H2,1-2H3. The summed E-state index contributed by atoms with van der Waals surface area (Å²) in [6.07, 6.45) is 0.935. The largest absolute Gasteiger partial charge is 0.522 e. The lowest BCUT2D eigenvalue weighted by atomic mass is 9.85. The lowest BCUT2D eigenvalue weighted by molar-refractivity contribution is -0.325. The van der Waals surface area contributed by atoms with E-state index in [1.54, 1.807) is 0 Å². The van der Waals surface area contributed by atoms with Crippen molar-refractivity contribution < 1.29 is 17.9 Å². The maximum Gasteiger partial charge on any atom is 0.522 e. The first-order chi connectivity index (χ1) is 9.29. The minimum absolute atomic E-state index is 0.00786. The Labute approximate surface area is 118 Å². The second-order valence-corrected chi connectivity index (χ2v) is 6.41. The van der Waals surface area contributed by atoms with Crippen LogP contribution in [-0.4, -0.2) is 48.6 Å². The van der Waals surface area contributed by atoms with Crippen LogP contribution in [0.25, 0.3) is 0 Å². The van der Waals surface area contributed by atoms with Gasteiger partial charge >= 0.3 is 6.36 Å². The second kappa shape index (κ2) is 5.81. The maximum absolute atomic E-state index is 12.1. The number of halogens is 3. The summed E-state index contributed by atoms with van der Waals surface area (Å²) in [5.41, 5.74) is 0.0374. The van der Waals surface area contributed by atoms with Crippen molar-refractivity contribution in [2.45, 2.75) is 63.4 Å². The summed E-state index contributed by atoms with van der Waals surface area (Å²) in [5, 5.41) is 3.61. The van der Waals surface area contributed by atoms with Gasteiger partial charge in [0.15, 0.2) is 0 Å². The summed E-state index contributed by atoms with van der Waals surface area (Å²) >= 11 is 0. The molecule has 1 spiro atoms. The molecule has 2 fully saturated rings. The molecule has 1 atom stereocenters. The predicted molar refractivity (Wildman–Crippen MR) is 71.5 cm³/mol. The van der Waals surface area contributed by atoms with E-state index < -0.39 is 6.36 Å². The fourth-order valence-electron chi connectivity index (χ4n) is 3.49. The molecule has 1 N–H and O–H groups in total. The number of nitrogens with zero attached hydrogens (tertiary/aromatic N) is 1. The zero-order chi connectivity index (χ0) is 14.9. The molecule has 3 nitrogen and oxygen atoms in total. The van der Waals surface area contributed by atoms with Gasteiger partial charge in [-0.2, -0.15) is 0 Å². The van der Waals surface area contributed by atoms with E-state index in [1.807, 2.05) is 0 Å². The van der Waals surface area contributed by atoms with Gasteiger partial charge in [0, 0.05) is 30.7 Å². The Balaban J connectivity index is 1.99. The third-order valence-corrected chi connectivity index (χ3v) is 5.00. The van der Waals surface area contributed by atoms with Crippen LogP contribution in [0, 0.1) is 0 Å². The minimum Gasteiger partial charge on any atom is -0.308 e. The van der Waals surface area contributed by atoms with Crippen LogP contribution >= 0.6 is 0 Å². The average Bonchev–Trinajstić information content (AvgIpc) is 2.83. The first kappa shape index (κ1) is 16.0. The molecule has 0 bridgehead atoms. The second-order valence-electron chi connectivity index (χ2n) is 6.41. The molecule has 1 aliphatic carbocycles. The van der Waals surface area contributed by atoms with Gasteiger partial charge < -0.3 is 5.32 Å². The van der Waals surface area contributed by atoms with Crippen LogP contribution in [0.3, 0.4) is 0 Å². The highest BCUT2D eigenvalue weighted by atomic mass is 19.4. The molecule has 0 aromatic carbocycles. The Morgan fingerprint density at radius 1 is 1.25 bits per heavy atom. The summed E-state index contributed by atoms with van der Waals surface area (Å²) in [7, 11) is 0. The van der Waals surface area contributed by atoms with Crippen molar-refractivity contribution in [2.24, 2.45) is 0 Å². The number of nitrogens with one attached hydrogen (secondary N) is 1. The van der Waals surface area contributed by atoms with Gasteiger partial charge in [0.2, 0.25) is 0 Å². The van der Waals surface area contributed by atoms with Crippen molar-refractivity contribution >= 4 is 0 Å². The van der Waals surface area contributed by atoms with Gasteiger partial charge in [-0.1, -0.05) is 19.8 Å². The third-order valence-electron chi connectivity index (χ3n) is 5.00. The van der Waals surface area contributed by atoms with E-state index in [-0.39, 0.29) is 17.7 Å². The molecule has 0 amide bonds. The van der Waals surface area contributed by atoms with E-state index >= 15 is 0 Å². The summed E-state index contributed by atoms with van der Waals surface area (Å²) in [5.74, 6) is 0. The summed E-state index contributed by atoms with van der Waals surface area (Å²) in [6.45, 7) is 6.02. The molecule has 1 saturated carbocycles. The third kappa shape index (κ3) is 3.65. The SMILES string of the molecule is CCC1(C)CN(CCOC(F)(F)F)C2(CCCC2)CN1. The topological polar surface area (TPSA) is 24.5 Å². The van der Waals surface area contributed by atoms with Gasteiger partial charge in [-0.25, -0.2) is 0 Å². The minimum atomic E-state index is -4.52. The highest BCUT2D eigenvalue weighted by Crippen LogP contribution is 2.38. The predicted octanol–water partition coefficient (Wildman–Crippen LogP) is 2.91. The van der Waals surface area contributed by atoms with E-state index in [1.165, 1.54) is 12.8 Å². The van der Waals surface area contributed by atoms with Crippen LogP contribution in [0.1, 0.15) is 46.0 Å². The first-order valence-electron chi connectivity index (χ1n) is 7.49. The zero-order valence-corrected chi connectivity index (χ0v) is 12.4. The summed E-state index contributed by atoms with van der Waals surface area (Å²) < 4.78 is 40.4. The molecule has 1 heterocycles. The number of ether oxygens (including phenoxy) is 1. The van der Waals surface area contributed by atoms with Gasteiger partial charge in [0.1, 0.15) is 0 Å². The normalized spacial score (nSPS) is 31.1. The van der Waals surface area contributed by atoms with Crippen molar-refractivity contribution in [2.75, 3.05) is 26.2 Å². The van der Waals surface area contributed by atoms with Gasteiger partial charge in [-0.05, 0) is 26.2 Å². The lowest BCUT2D eigenvalue weighted by Gasteiger charge is -2.52.